The number of ether oxygens (including phenoxy) is 2. The topological polar surface area (TPSA) is 82.4 Å². The maximum Gasteiger partial charge on any atom is 0.306 e. The van der Waals surface area contributed by atoms with Crippen LogP contribution in [-0.2, 0) is 36.0 Å². The van der Waals surface area contributed by atoms with Gasteiger partial charge in [-0.2, -0.15) is 0 Å². The van der Waals surface area contributed by atoms with Crippen LogP contribution < -0.4 is 4.74 Å². The minimum atomic E-state index is -0.185. The van der Waals surface area contributed by atoms with Crippen LogP contribution in [0.2, 0.25) is 0 Å². The number of esters is 1. The monoisotopic (exact) mass is 567 g/mol. The second-order valence-electron chi connectivity index (χ2n) is 11.7. The minimum absolute atomic E-state index is 0.104. The van der Waals surface area contributed by atoms with Crippen LogP contribution in [-0.4, -0.2) is 50.1 Å². The number of nitrogens with zero attached hydrogens (tertiary/aromatic N) is 5. The van der Waals surface area contributed by atoms with E-state index in [1.54, 1.807) is 4.68 Å². The molecule has 0 N–H and O–H groups in total. The molecule has 2 aromatic heterocycles. The van der Waals surface area contributed by atoms with E-state index in [-0.39, 0.29) is 30.5 Å². The summed E-state index contributed by atoms with van der Waals surface area (Å²) in [7, 11) is 1.91. The van der Waals surface area contributed by atoms with Gasteiger partial charge in [0.05, 0.1) is 30.3 Å². The van der Waals surface area contributed by atoms with E-state index < -0.39 is 0 Å². The molecule has 1 aliphatic heterocycles. The first-order valence-electron chi connectivity index (χ1n) is 15.3. The third-order valence-electron chi connectivity index (χ3n) is 9.17. The van der Waals surface area contributed by atoms with E-state index in [0.29, 0.717) is 6.61 Å². The molecule has 3 atom stereocenters. The molecule has 0 bridgehead atoms. The average Bonchev–Trinajstić information content (AvgIpc) is 3.59. The lowest BCUT2D eigenvalue weighted by Crippen LogP contribution is -2.34. The zero-order valence-electron chi connectivity index (χ0n) is 25.4. The van der Waals surface area contributed by atoms with Gasteiger partial charge in [-0.3, -0.25) is 14.7 Å². The number of hydrogen-bond donors (Lipinski definition) is 0. The van der Waals surface area contributed by atoms with E-state index in [1.165, 1.54) is 16.7 Å². The van der Waals surface area contributed by atoms with Crippen LogP contribution in [0, 0.1) is 6.92 Å². The molecule has 0 unspecified atom stereocenters. The van der Waals surface area contributed by atoms with Gasteiger partial charge in [-0.25, -0.2) is 4.68 Å². The second-order valence-corrected chi connectivity index (χ2v) is 11.7. The summed E-state index contributed by atoms with van der Waals surface area (Å²) in [4.78, 5) is 20.2. The van der Waals surface area contributed by atoms with E-state index in [1.807, 2.05) is 32.3 Å². The van der Waals surface area contributed by atoms with E-state index >= 15 is 0 Å². The molecule has 42 heavy (non-hydrogen) atoms. The molecular formula is C34H41N5O3. The maximum atomic E-state index is 13.0. The van der Waals surface area contributed by atoms with Gasteiger partial charge in [0.1, 0.15) is 17.4 Å². The van der Waals surface area contributed by atoms with Crippen LogP contribution in [0.5, 0.6) is 5.75 Å². The van der Waals surface area contributed by atoms with Gasteiger partial charge in [0.25, 0.3) is 0 Å². The van der Waals surface area contributed by atoms with Crippen LogP contribution >= 0.6 is 0 Å². The van der Waals surface area contributed by atoms with Crippen molar-refractivity contribution in [1.82, 2.24) is 24.9 Å². The first-order chi connectivity index (χ1) is 20.4. The van der Waals surface area contributed by atoms with Crippen LogP contribution in [0.1, 0.15) is 91.1 Å². The predicted octanol–water partition coefficient (Wildman–Crippen LogP) is 5.98. The Labute approximate surface area is 248 Å². The van der Waals surface area contributed by atoms with E-state index in [9.17, 15) is 4.79 Å². The van der Waals surface area contributed by atoms with Crippen molar-refractivity contribution in [3.8, 4) is 5.75 Å². The number of hydrogen-bond acceptors (Lipinski definition) is 7. The maximum absolute atomic E-state index is 13.0. The van der Waals surface area contributed by atoms with Gasteiger partial charge in [0.15, 0.2) is 0 Å². The number of aryl methyl sites for hydroxylation is 3. The number of rotatable bonds is 8. The molecule has 0 spiro atoms. The highest BCUT2D eigenvalue weighted by Gasteiger charge is 2.31. The number of benzene rings is 2. The highest BCUT2D eigenvalue weighted by atomic mass is 16.5. The summed E-state index contributed by atoms with van der Waals surface area (Å²) in [5.74, 6) is 0.563. The number of carbonyl (C=O) groups excluding carboxylic acids is 1. The third-order valence-corrected chi connectivity index (χ3v) is 9.17. The second kappa shape index (κ2) is 11.8. The Morgan fingerprint density at radius 1 is 1.19 bits per heavy atom. The van der Waals surface area contributed by atoms with Crippen LogP contribution in [0.25, 0.3) is 11.0 Å². The van der Waals surface area contributed by atoms with Crippen molar-refractivity contribution in [1.29, 1.82) is 0 Å². The largest absolute Gasteiger partial charge is 0.487 e. The van der Waals surface area contributed by atoms with E-state index in [0.717, 1.165) is 77.9 Å². The molecule has 3 heterocycles. The van der Waals surface area contributed by atoms with Gasteiger partial charge in [-0.05, 0) is 98.0 Å². The molecule has 4 aromatic rings. The number of carbonyl (C=O) groups is 1. The van der Waals surface area contributed by atoms with Gasteiger partial charge < -0.3 is 9.47 Å². The van der Waals surface area contributed by atoms with Crippen molar-refractivity contribution in [2.45, 2.75) is 84.4 Å². The lowest BCUT2D eigenvalue weighted by molar-refractivity contribution is -0.143. The third kappa shape index (κ3) is 5.28. The molecule has 1 aliphatic carbocycles. The number of aromatic nitrogens is 4. The molecule has 0 saturated heterocycles. The molecule has 0 amide bonds. The summed E-state index contributed by atoms with van der Waals surface area (Å²) < 4.78 is 13.7. The van der Waals surface area contributed by atoms with Crippen LogP contribution in [0.15, 0.2) is 42.6 Å². The Balaban J connectivity index is 1.42. The van der Waals surface area contributed by atoms with Crippen molar-refractivity contribution < 1.29 is 14.3 Å². The summed E-state index contributed by atoms with van der Waals surface area (Å²) >= 11 is 0. The Morgan fingerprint density at radius 2 is 2.05 bits per heavy atom. The first-order valence-corrected chi connectivity index (χ1v) is 15.3. The van der Waals surface area contributed by atoms with Gasteiger partial charge >= 0.3 is 5.97 Å². The summed E-state index contributed by atoms with van der Waals surface area (Å²) in [5, 5.41) is 8.69. The Morgan fingerprint density at radius 3 is 2.86 bits per heavy atom. The van der Waals surface area contributed by atoms with Crippen LogP contribution in [0.3, 0.4) is 0 Å². The lowest BCUT2D eigenvalue weighted by atomic mass is 9.83. The molecule has 2 aromatic carbocycles. The molecule has 6 rings (SSSR count). The Bertz CT molecular complexity index is 1610. The molecule has 0 fully saturated rings. The SMILES string of the molecule is CCOC(=O)C[C@@H](c1cc2c(c(CN3C[C@@H](CC)Oc4cccnc4[C@@H]3C)c1)CCC2)c1ccc2c(nnn2C)c1C. The standard InChI is InChI=1S/C34H41N5O3/c1-6-26-20-39(22(4)34-31(42-26)12-9-15-35-34)19-25-17-24(16-23-10-8-11-28(23)25)29(18-32(40)41-7-2)27-13-14-30-33(21(27)3)36-37-38(30)5/h9,12-17,22,26,29H,6-8,10-11,18-20H2,1-5H3/t22-,26+,29-/m0/s1. The minimum Gasteiger partial charge on any atom is -0.487 e. The fourth-order valence-corrected chi connectivity index (χ4v) is 6.85. The van der Waals surface area contributed by atoms with Gasteiger partial charge in [-0.1, -0.05) is 30.3 Å². The normalized spacial score (nSPS) is 19.2. The quantitative estimate of drug-likeness (QED) is 0.242. The molecular weight excluding hydrogens is 526 g/mol. The lowest BCUT2D eigenvalue weighted by Gasteiger charge is -2.30. The van der Waals surface area contributed by atoms with Crippen LogP contribution in [0.4, 0.5) is 0 Å². The highest BCUT2D eigenvalue weighted by Crippen LogP contribution is 2.39. The van der Waals surface area contributed by atoms with Gasteiger partial charge in [0.2, 0.25) is 0 Å². The zero-order valence-corrected chi connectivity index (χ0v) is 25.4. The smallest absolute Gasteiger partial charge is 0.306 e. The molecule has 220 valence electrons. The summed E-state index contributed by atoms with van der Waals surface area (Å²) in [6, 6.07) is 13.0. The fraction of sp³-hybridized carbons (Fsp3) is 0.471. The first kappa shape index (κ1) is 28.3. The summed E-state index contributed by atoms with van der Waals surface area (Å²) in [6.45, 7) is 10.4. The predicted molar refractivity (Wildman–Crippen MR) is 163 cm³/mol. The molecule has 8 heteroatoms. The van der Waals surface area contributed by atoms with E-state index in [4.69, 9.17) is 14.5 Å². The molecule has 0 radical (unpaired) electrons. The average molecular weight is 568 g/mol. The highest BCUT2D eigenvalue weighted by molar-refractivity contribution is 5.80. The van der Waals surface area contributed by atoms with Crippen molar-refractivity contribution in [2.24, 2.45) is 7.05 Å². The molecule has 2 aliphatic rings. The number of fused-ring (bicyclic) bond motifs is 3. The van der Waals surface area contributed by atoms with Crippen molar-refractivity contribution in [3.05, 3.63) is 81.7 Å². The van der Waals surface area contributed by atoms with Crippen molar-refractivity contribution in [2.75, 3.05) is 13.2 Å². The molecule has 8 nitrogen and oxygen atoms in total. The van der Waals surface area contributed by atoms with Gasteiger partial charge in [-0.15, -0.1) is 5.10 Å². The molecule has 0 saturated carbocycles. The van der Waals surface area contributed by atoms with Crippen molar-refractivity contribution >= 4 is 17.0 Å². The Hall–Kier alpha value is -3.78. The summed E-state index contributed by atoms with van der Waals surface area (Å²) in [6.07, 6.45) is 6.47. The Kier molecular flexibility index (Phi) is 7.99. The fourth-order valence-electron chi connectivity index (χ4n) is 6.85. The summed E-state index contributed by atoms with van der Waals surface area (Å²) in [5.41, 5.74) is 10.4. The van der Waals surface area contributed by atoms with Gasteiger partial charge in [0, 0.05) is 32.3 Å². The van der Waals surface area contributed by atoms with Crippen molar-refractivity contribution in [3.63, 3.8) is 0 Å². The van der Waals surface area contributed by atoms with E-state index in [2.05, 4.69) is 60.2 Å². The number of pyridine rings is 1. The zero-order chi connectivity index (χ0) is 29.4.